The van der Waals surface area contributed by atoms with Crippen LogP contribution in [0.5, 0.6) is 5.75 Å². The van der Waals surface area contributed by atoms with Crippen LogP contribution < -0.4 is 10.1 Å². The van der Waals surface area contributed by atoms with Gasteiger partial charge in [0, 0.05) is 18.2 Å². The molecule has 180 valence electrons. The van der Waals surface area contributed by atoms with Crippen LogP contribution in [0.2, 0.25) is 0 Å². The molecule has 0 spiro atoms. The average molecular weight is 469 g/mol. The number of nitrogens with one attached hydrogen (secondary N) is 1. The van der Waals surface area contributed by atoms with Crippen LogP contribution in [-0.2, 0) is 16.0 Å². The number of nitrogens with zero attached hydrogens (tertiary/aromatic N) is 1. The Morgan fingerprint density at radius 1 is 0.943 bits per heavy atom. The number of carbonyl (C=O) groups is 2. The van der Waals surface area contributed by atoms with Gasteiger partial charge in [0.2, 0.25) is 5.91 Å². The first-order chi connectivity index (χ1) is 16.9. The number of anilines is 1. The summed E-state index contributed by atoms with van der Waals surface area (Å²) in [6.45, 7) is 6.55. The molecule has 0 unspecified atom stereocenters. The summed E-state index contributed by atoms with van der Waals surface area (Å²) in [5.74, 6) is 0.841. The Hall–Kier alpha value is -3.60. The zero-order valence-electron chi connectivity index (χ0n) is 20.6. The number of fused-ring (bicyclic) bond motifs is 1. The van der Waals surface area contributed by atoms with E-state index < -0.39 is 6.10 Å². The number of carbonyl (C=O) groups excluding carboxylic acids is 2. The van der Waals surface area contributed by atoms with Gasteiger partial charge in [0.25, 0.3) is 5.91 Å². The number of ether oxygens (including phenoxy) is 1. The first-order valence-electron chi connectivity index (χ1n) is 12.4. The Balaban J connectivity index is 1.40. The van der Waals surface area contributed by atoms with Crippen molar-refractivity contribution >= 4 is 17.5 Å². The summed E-state index contributed by atoms with van der Waals surface area (Å²) in [6, 6.07) is 22.0. The molecule has 1 aliphatic heterocycles. The molecule has 1 fully saturated rings. The first kappa shape index (κ1) is 23.2. The number of benzene rings is 3. The van der Waals surface area contributed by atoms with Crippen molar-refractivity contribution in [2.75, 3.05) is 11.9 Å². The zero-order valence-corrected chi connectivity index (χ0v) is 20.6. The van der Waals surface area contributed by atoms with E-state index in [1.165, 1.54) is 11.1 Å². The molecule has 1 heterocycles. The van der Waals surface area contributed by atoms with Crippen molar-refractivity contribution in [1.82, 2.24) is 4.90 Å². The van der Waals surface area contributed by atoms with Gasteiger partial charge >= 0.3 is 0 Å². The summed E-state index contributed by atoms with van der Waals surface area (Å²) in [5, 5.41) is 2.92. The molecule has 0 saturated heterocycles. The predicted molar refractivity (Wildman–Crippen MR) is 138 cm³/mol. The van der Waals surface area contributed by atoms with Gasteiger partial charge < -0.3 is 15.0 Å². The van der Waals surface area contributed by atoms with Gasteiger partial charge in [-0.3, -0.25) is 9.59 Å². The maximum atomic E-state index is 13.2. The maximum Gasteiger partial charge on any atom is 0.265 e. The van der Waals surface area contributed by atoms with E-state index >= 15 is 0 Å². The molecular formula is C30H32N2O3. The lowest BCUT2D eigenvalue weighted by atomic mass is 9.87. The fraction of sp³-hybridized carbons (Fsp3) is 0.333. The summed E-state index contributed by atoms with van der Waals surface area (Å²) in [5.41, 5.74) is 6.48. The quantitative estimate of drug-likeness (QED) is 0.513. The van der Waals surface area contributed by atoms with Crippen molar-refractivity contribution in [1.29, 1.82) is 0 Å². The molecular weight excluding hydrogens is 436 g/mol. The standard InChI is InChI=1S/C30H32N2O3/c1-19-4-8-23(9-5-19)28-27-18-26(15-12-22(27)16-17-32(28)30(34)24-10-11-24)35-21(3)29(33)31-25-13-6-20(2)7-14-25/h4-9,12-15,18,21,24,28H,10-11,16-17H2,1-3H3,(H,31,33)/t21-,28+/m0/s1. The van der Waals surface area contributed by atoms with Crippen molar-refractivity contribution in [2.24, 2.45) is 5.92 Å². The van der Waals surface area contributed by atoms with Crippen LogP contribution in [0.3, 0.4) is 0 Å². The van der Waals surface area contributed by atoms with Gasteiger partial charge in [-0.15, -0.1) is 0 Å². The molecule has 1 saturated carbocycles. The lowest BCUT2D eigenvalue weighted by molar-refractivity contribution is -0.134. The van der Waals surface area contributed by atoms with E-state index in [-0.39, 0.29) is 23.8 Å². The third kappa shape index (κ3) is 5.09. The number of hydrogen-bond donors (Lipinski definition) is 1. The molecule has 0 bridgehead atoms. The predicted octanol–water partition coefficient (Wildman–Crippen LogP) is 5.59. The van der Waals surface area contributed by atoms with Crippen LogP contribution in [0.25, 0.3) is 0 Å². The zero-order chi connectivity index (χ0) is 24.5. The number of rotatable bonds is 6. The molecule has 0 aromatic heterocycles. The molecule has 2 aliphatic rings. The second-order valence-corrected chi connectivity index (χ2v) is 9.85. The molecule has 5 rings (SSSR count). The van der Waals surface area contributed by atoms with Gasteiger partial charge in [0.05, 0.1) is 6.04 Å². The Morgan fingerprint density at radius 3 is 2.26 bits per heavy atom. The Bertz CT molecular complexity index is 1230. The second kappa shape index (κ2) is 9.57. The van der Waals surface area contributed by atoms with Crippen molar-refractivity contribution in [3.05, 3.63) is 94.5 Å². The molecule has 5 heteroatoms. The van der Waals surface area contributed by atoms with Gasteiger partial charge in [0.1, 0.15) is 5.75 Å². The van der Waals surface area contributed by atoms with Crippen LogP contribution in [0.4, 0.5) is 5.69 Å². The van der Waals surface area contributed by atoms with Crippen molar-refractivity contribution in [3.63, 3.8) is 0 Å². The van der Waals surface area contributed by atoms with Gasteiger partial charge in [0.15, 0.2) is 6.10 Å². The Morgan fingerprint density at radius 2 is 1.60 bits per heavy atom. The van der Waals surface area contributed by atoms with Crippen molar-refractivity contribution in [2.45, 2.75) is 52.2 Å². The summed E-state index contributed by atoms with van der Waals surface area (Å²) < 4.78 is 6.08. The van der Waals surface area contributed by atoms with E-state index in [1.54, 1.807) is 6.92 Å². The van der Waals surface area contributed by atoms with Crippen LogP contribution in [-0.4, -0.2) is 29.4 Å². The minimum Gasteiger partial charge on any atom is -0.481 e. The fourth-order valence-electron chi connectivity index (χ4n) is 4.72. The van der Waals surface area contributed by atoms with Gasteiger partial charge in [-0.2, -0.15) is 0 Å². The van der Waals surface area contributed by atoms with Crippen LogP contribution in [0.1, 0.15) is 53.6 Å². The largest absolute Gasteiger partial charge is 0.481 e. The minimum absolute atomic E-state index is 0.146. The van der Waals surface area contributed by atoms with E-state index in [1.807, 2.05) is 48.2 Å². The number of amides is 2. The van der Waals surface area contributed by atoms with Gasteiger partial charge in [-0.25, -0.2) is 0 Å². The SMILES string of the molecule is Cc1ccc(NC(=O)[C@H](C)Oc2ccc3c(c2)[C@@H](c2ccc(C)cc2)N(C(=O)C2CC2)CC3)cc1. The highest BCUT2D eigenvalue weighted by Crippen LogP contribution is 2.41. The molecule has 2 atom stereocenters. The van der Waals surface area contributed by atoms with Gasteiger partial charge in [-0.05, 0) is 81.0 Å². The van der Waals surface area contributed by atoms with E-state index in [2.05, 4.69) is 42.6 Å². The summed E-state index contributed by atoms with van der Waals surface area (Å²) in [4.78, 5) is 28.0. The highest BCUT2D eigenvalue weighted by molar-refractivity contribution is 5.94. The average Bonchev–Trinajstić information content (AvgIpc) is 3.70. The van der Waals surface area contributed by atoms with Crippen LogP contribution >= 0.6 is 0 Å². The van der Waals surface area contributed by atoms with E-state index in [0.29, 0.717) is 5.75 Å². The topological polar surface area (TPSA) is 58.6 Å². The third-order valence-electron chi connectivity index (χ3n) is 6.95. The monoisotopic (exact) mass is 468 g/mol. The smallest absolute Gasteiger partial charge is 0.265 e. The Labute approximate surface area is 207 Å². The van der Waals surface area contributed by atoms with Crippen LogP contribution in [0, 0.1) is 19.8 Å². The van der Waals surface area contributed by atoms with Crippen molar-refractivity contribution < 1.29 is 14.3 Å². The molecule has 3 aromatic carbocycles. The molecule has 1 aliphatic carbocycles. The second-order valence-electron chi connectivity index (χ2n) is 9.85. The third-order valence-corrected chi connectivity index (χ3v) is 6.95. The molecule has 35 heavy (non-hydrogen) atoms. The normalized spacial score (nSPS) is 17.9. The Kier molecular flexibility index (Phi) is 6.33. The molecule has 2 amide bonds. The molecule has 3 aromatic rings. The lowest BCUT2D eigenvalue weighted by Gasteiger charge is -2.38. The molecule has 1 N–H and O–H groups in total. The highest BCUT2D eigenvalue weighted by Gasteiger charge is 2.39. The highest BCUT2D eigenvalue weighted by atomic mass is 16.5. The fourth-order valence-corrected chi connectivity index (χ4v) is 4.72. The number of hydrogen-bond acceptors (Lipinski definition) is 3. The maximum absolute atomic E-state index is 13.2. The summed E-state index contributed by atoms with van der Waals surface area (Å²) >= 11 is 0. The van der Waals surface area contributed by atoms with E-state index in [0.717, 1.165) is 48.2 Å². The van der Waals surface area contributed by atoms with Gasteiger partial charge in [-0.1, -0.05) is 53.6 Å². The molecule has 5 nitrogen and oxygen atoms in total. The minimum atomic E-state index is -0.667. The van der Waals surface area contributed by atoms with Crippen molar-refractivity contribution in [3.8, 4) is 5.75 Å². The summed E-state index contributed by atoms with van der Waals surface area (Å²) in [6.07, 6.45) is 2.12. The summed E-state index contributed by atoms with van der Waals surface area (Å²) in [7, 11) is 0. The van der Waals surface area contributed by atoms with E-state index in [4.69, 9.17) is 4.74 Å². The number of aryl methyl sites for hydroxylation is 2. The van der Waals surface area contributed by atoms with Crippen LogP contribution in [0.15, 0.2) is 66.7 Å². The molecule has 0 radical (unpaired) electrons. The lowest BCUT2D eigenvalue weighted by Crippen LogP contribution is -2.41. The van der Waals surface area contributed by atoms with E-state index in [9.17, 15) is 9.59 Å². The first-order valence-corrected chi connectivity index (χ1v) is 12.4.